The third-order valence-electron chi connectivity index (χ3n) is 5.77. The summed E-state index contributed by atoms with van der Waals surface area (Å²) >= 11 is 5.92. The number of methoxy groups -OCH3 is 1. The minimum atomic E-state index is -0.922. The molecule has 1 aromatic rings. The van der Waals surface area contributed by atoms with Gasteiger partial charge in [0.1, 0.15) is 5.54 Å². The minimum absolute atomic E-state index is 0.160. The molecule has 1 aliphatic carbocycles. The summed E-state index contributed by atoms with van der Waals surface area (Å²) in [4.78, 5) is 25.4. The van der Waals surface area contributed by atoms with Crippen molar-refractivity contribution in [3.05, 3.63) is 34.9 Å². The van der Waals surface area contributed by atoms with Crippen LogP contribution < -0.4 is 5.32 Å². The highest BCUT2D eigenvalue weighted by Crippen LogP contribution is 2.42. The zero-order chi connectivity index (χ0) is 19.5. The molecule has 0 heterocycles. The van der Waals surface area contributed by atoms with Crippen molar-refractivity contribution >= 4 is 23.5 Å². The van der Waals surface area contributed by atoms with Crippen molar-refractivity contribution in [3.63, 3.8) is 0 Å². The molecule has 0 radical (unpaired) electrons. The number of halogens is 1. The summed E-state index contributed by atoms with van der Waals surface area (Å²) < 4.78 is 5.04. The van der Waals surface area contributed by atoms with E-state index in [9.17, 15) is 9.59 Å². The van der Waals surface area contributed by atoms with Gasteiger partial charge in [0.2, 0.25) is 5.91 Å². The molecular weight excluding hydrogens is 350 g/mol. The lowest BCUT2D eigenvalue weighted by atomic mass is 9.67. The second kappa shape index (κ2) is 7.99. The first-order chi connectivity index (χ1) is 12.1. The van der Waals surface area contributed by atoms with Gasteiger partial charge >= 0.3 is 5.97 Å². The summed E-state index contributed by atoms with van der Waals surface area (Å²) in [5, 5.41) is 3.65. The van der Waals surface area contributed by atoms with E-state index in [2.05, 4.69) is 26.1 Å². The van der Waals surface area contributed by atoms with Gasteiger partial charge in [-0.05, 0) is 61.6 Å². The van der Waals surface area contributed by atoms with E-state index < -0.39 is 5.54 Å². The van der Waals surface area contributed by atoms with Gasteiger partial charge in [-0.15, -0.1) is 0 Å². The summed E-state index contributed by atoms with van der Waals surface area (Å²) in [6, 6.07) is 7.22. The van der Waals surface area contributed by atoms with Gasteiger partial charge < -0.3 is 10.1 Å². The Morgan fingerprint density at radius 1 is 1.19 bits per heavy atom. The molecular formula is C21H30ClNO3. The number of carbonyl (C=O) groups is 2. The number of rotatable bonds is 4. The van der Waals surface area contributed by atoms with Crippen LogP contribution in [0.3, 0.4) is 0 Å². The van der Waals surface area contributed by atoms with Crippen LogP contribution >= 0.6 is 11.6 Å². The van der Waals surface area contributed by atoms with Crippen molar-refractivity contribution < 1.29 is 14.3 Å². The third kappa shape index (κ3) is 4.59. The van der Waals surface area contributed by atoms with Gasteiger partial charge in [0.15, 0.2) is 0 Å². The molecule has 1 N–H and O–H groups in total. The van der Waals surface area contributed by atoms with Crippen LogP contribution in [0.25, 0.3) is 0 Å². The predicted octanol–water partition coefficient (Wildman–Crippen LogP) is 4.71. The van der Waals surface area contributed by atoms with E-state index >= 15 is 0 Å². The van der Waals surface area contributed by atoms with Crippen LogP contribution in [0, 0.1) is 11.3 Å². The second-order valence-corrected chi connectivity index (χ2v) is 8.91. The molecule has 1 atom stereocenters. The van der Waals surface area contributed by atoms with Crippen molar-refractivity contribution in [2.24, 2.45) is 11.3 Å². The molecule has 1 fully saturated rings. The molecule has 0 spiro atoms. The molecule has 26 heavy (non-hydrogen) atoms. The molecule has 1 aromatic carbocycles. The average molecular weight is 380 g/mol. The number of benzene rings is 1. The zero-order valence-corrected chi connectivity index (χ0v) is 17.2. The highest BCUT2D eigenvalue weighted by Gasteiger charge is 2.46. The largest absolute Gasteiger partial charge is 0.467 e. The van der Waals surface area contributed by atoms with E-state index in [-0.39, 0.29) is 23.2 Å². The van der Waals surface area contributed by atoms with Crippen molar-refractivity contribution in [1.82, 2.24) is 5.32 Å². The van der Waals surface area contributed by atoms with Crippen molar-refractivity contribution in [3.8, 4) is 0 Å². The van der Waals surface area contributed by atoms with Gasteiger partial charge in [0.05, 0.1) is 13.0 Å². The molecule has 144 valence electrons. The van der Waals surface area contributed by atoms with E-state index in [4.69, 9.17) is 16.3 Å². The van der Waals surface area contributed by atoms with Crippen LogP contribution in [0.1, 0.15) is 64.9 Å². The van der Waals surface area contributed by atoms with E-state index in [0.717, 1.165) is 18.4 Å². The quantitative estimate of drug-likeness (QED) is 0.771. The maximum Gasteiger partial charge on any atom is 0.331 e. The fourth-order valence-corrected chi connectivity index (χ4v) is 3.93. The molecule has 1 unspecified atom stereocenters. The Kier molecular flexibility index (Phi) is 6.38. The summed E-state index contributed by atoms with van der Waals surface area (Å²) in [7, 11) is 1.38. The molecule has 1 saturated carbocycles. The zero-order valence-electron chi connectivity index (χ0n) is 16.4. The standard InChI is InChI=1S/C21H30ClNO3/c1-14(15-6-8-17(22)9-7-15)18(24)23-21(19(25)26-5)12-10-16(11-13-21)20(2,3)4/h6-9,14,16H,10-13H2,1-5H3,(H,23,24). The Balaban J connectivity index is 2.14. The number of nitrogens with one attached hydrogen (secondary N) is 1. The Hall–Kier alpha value is -1.55. The van der Waals surface area contributed by atoms with Gasteiger partial charge in [-0.1, -0.05) is 44.5 Å². The molecule has 2 rings (SSSR count). The monoisotopic (exact) mass is 379 g/mol. The topological polar surface area (TPSA) is 55.4 Å². The lowest BCUT2D eigenvalue weighted by Gasteiger charge is -2.43. The van der Waals surface area contributed by atoms with Gasteiger partial charge in [0, 0.05) is 5.02 Å². The number of hydrogen-bond donors (Lipinski definition) is 1. The molecule has 5 heteroatoms. The molecule has 4 nitrogen and oxygen atoms in total. The Morgan fingerprint density at radius 2 is 1.73 bits per heavy atom. The van der Waals surface area contributed by atoms with E-state index in [1.54, 1.807) is 12.1 Å². The molecule has 0 saturated heterocycles. The number of hydrogen-bond acceptors (Lipinski definition) is 3. The molecule has 1 amide bonds. The molecule has 1 aliphatic rings. The number of carbonyl (C=O) groups excluding carboxylic acids is 2. The first kappa shape index (κ1) is 20.8. The van der Waals surface area contributed by atoms with Crippen molar-refractivity contribution in [2.75, 3.05) is 7.11 Å². The smallest absolute Gasteiger partial charge is 0.331 e. The van der Waals surface area contributed by atoms with Crippen LogP contribution in [0.15, 0.2) is 24.3 Å². The summed E-state index contributed by atoms with van der Waals surface area (Å²) in [5.41, 5.74) is 0.146. The van der Waals surface area contributed by atoms with Gasteiger partial charge in [-0.25, -0.2) is 4.79 Å². The Labute approximate surface area is 161 Å². The van der Waals surface area contributed by atoms with Crippen molar-refractivity contribution in [1.29, 1.82) is 0 Å². The number of esters is 1. The minimum Gasteiger partial charge on any atom is -0.467 e. The maximum absolute atomic E-state index is 12.8. The molecule has 0 bridgehead atoms. The highest BCUT2D eigenvalue weighted by molar-refractivity contribution is 6.30. The number of ether oxygens (including phenoxy) is 1. The van der Waals surface area contributed by atoms with Gasteiger partial charge in [-0.3, -0.25) is 4.79 Å². The van der Waals surface area contributed by atoms with E-state index in [1.807, 2.05) is 19.1 Å². The lowest BCUT2D eigenvalue weighted by molar-refractivity contribution is -0.153. The summed E-state index contributed by atoms with van der Waals surface area (Å²) in [6.45, 7) is 8.52. The predicted molar refractivity (Wildman–Crippen MR) is 104 cm³/mol. The summed E-state index contributed by atoms with van der Waals surface area (Å²) in [5.74, 6) is -0.339. The van der Waals surface area contributed by atoms with Crippen LogP contribution in [0.5, 0.6) is 0 Å². The van der Waals surface area contributed by atoms with Gasteiger partial charge in [0.25, 0.3) is 0 Å². The lowest BCUT2D eigenvalue weighted by Crippen LogP contribution is -2.58. The second-order valence-electron chi connectivity index (χ2n) is 8.48. The van der Waals surface area contributed by atoms with Gasteiger partial charge in [-0.2, -0.15) is 0 Å². The van der Waals surface area contributed by atoms with Crippen LogP contribution in [0.2, 0.25) is 5.02 Å². The van der Waals surface area contributed by atoms with Crippen molar-refractivity contribution in [2.45, 2.75) is 64.8 Å². The average Bonchev–Trinajstić information content (AvgIpc) is 2.60. The van der Waals surface area contributed by atoms with Crippen LogP contribution in [-0.2, 0) is 14.3 Å². The summed E-state index contributed by atoms with van der Waals surface area (Å²) in [6.07, 6.45) is 3.02. The fraction of sp³-hybridized carbons (Fsp3) is 0.619. The normalized spacial score (nSPS) is 24.6. The third-order valence-corrected chi connectivity index (χ3v) is 6.02. The van der Waals surface area contributed by atoms with E-state index in [0.29, 0.717) is 23.8 Å². The first-order valence-electron chi connectivity index (χ1n) is 9.25. The van der Waals surface area contributed by atoms with Crippen LogP contribution in [-0.4, -0.2) is 24.5 Å². The van der Waals surface area contributed by atoms with E-state index in [1.165, 1.54) is 7.11 Å². The fourth-order valence-electron chi connectivity index (χ4n) is 3.80. The Bertz CT molecular complexity index is 640. The molecule has 0 aromatic heterocycles. The maximum atomic E-state index is 12.8. The number of amides is 1. The first-order valence-corrected chi connectivity index (χ1v) is 9.63. The Morgan fingerprint density at radius 3 is 2.19 bits per heavy atom. The SMILES string of the molecule is COC(=O)C1(NC(=O)C(C)c2ccc(Cl)cc2)CCC(C(C)(C)C)CC1. The highest BCUT2D eigenvalue weighted by atomic mass is 35.5. The molecule has 0 aliphatic heterocycles. The van der Waals surface area contributed by atoms with Crippen LogP contribution in [0.4, 0.5) is 0 Å².